The van der Waals surface area contributed by atoms with E-state index in [2.05, 4.69) is 113 Å². The number of fused-ring (bicyclic) bond motifs is 3. The zero-order chi connectivity index (χ0) is 21.5. The van der Waals surface area contributed by atoms with Gasteiger partial charge in [-0.3, -0.25) is 0 Å². The van der Waals surface area contributed by atoms with Gasteiger partial charge in [-0.15, -0.1) is 0 Å². The molecular weight excluding hydrogens is 442 g/mol. The minimum absolute atomic E-state index is 0.427. The molecule has 0 fully saturated rings. The summed E-state index contributed by atoms with van der Waals surface area (Å²) in [5.74, 6) is 0.427. The molecule has 0 N–H and O–H groups in total. The molecule has 1 aliphatic carbocycles. The zero-order valence-electron chi connectivity index (χ0n) is 17.6. The molecule has 1 heterocycles. The number of aromatic nitrogens is 1. The molecule has 3 aromatic carbocycles. The van der Waals surface area contributed by atoms with Gasteiger partial charge < -0.3 is 4.57 Å². The maximum atomic E-state index is 3.89. The van der Waals surface area contributed by atoms with Gasteiger partial charge in [0.2, 0.25) is 0 Å². The number of benzene rings is 3. The summed E-state index contributed by atoms with van der Waals surface area (Å²) in [5, 5.41) is 1.29. The van der Waals surface area contributed by atoms with E-state index in [1.54, 1.807) is 0 Å². The van der Waals surface area contributed by atoms with Gasteiger partial charge in [0.25, 0.3) is 0 Å². The molecule has 2 heteroatoms. The molecule has 1 aliphatic rings. The molecule has 0 spiro atoms. The summed E-state index contributed by atoms with van der Waals surface area (Å²) in [6.45, 7) is 10.1. The molecule has 0 aliphatic heterocycles. The Labute approximate surface area is 192 Å². The molecule has 1 aromatic heterocycles. The van der Waals surface area contributed by atoms with Gasteiger partial charge in [-0.2, -0.15) is 0 Å². The second-order valence-corrected chi connectivity index (χ2v) is 9.20. The SMILES string of the molecule is C=Cc1ccc(-c2ccc3c(c2)c2c(n3-c3ccc(C=C)cc3)C(C)CC(Br)=C2)cc1. The van der Waals surface area contributed by atoms with Crippen LogP contribution in [0.1, 0.15) is 41.6 Å². The van der Waals surface area contributed by atoms with Gasteiger partial charge in [-0.1, -0.05) is 90.6 Å². The Morgan fingerprint density at radius 2 is 1.48 bits per heavy atom. The average molecular weight is 466 g/mol. The van der Waals surface area contributed by atoms with Crippen molar-refractivity contribution in [2.75, 3.05) is 0 Å². The standard InChI is InChI=1S/C29H24BrN/c1-4-20-6-10-22(11-7-20)23-12-15-28-26(17-23)27-18-24(30)16-19(3)29(27)31(28)25-13-8-21(5-2)9-14-25/h4-15,17-19H,1-2,16H2,3H3. The van der Waals surface area contributed by atoms with E-state index in [0.29, 0.717) is 5.92 Å². The molecule has 5 rings (SSSR count). The summed E-state index contributed by atoms with van der Waals surface area (Å²) in [6.07, 6.45) is 7.09. The van der Waals surface area contributed by atoms with Gasteiger partial charge in [-0.25, -0.2) is 0 Å². The van der Waals surface area contributed by atoms with Crippen LogP contribution >= 0.6 is 15.9 Å². The molecular formula is C29H24BrN. The first kappa shape index (κ1) is 19.8. The topological polar surface area (TPSA) is 4.93 Å². The number of halogens is 1. The Morgan fingerprint density at radius 3 is 2.13 bits per heavy atom. The van der Waals surface area contributed by atoms with Crippen molar-refractivity contribution >= 4 is 45.1 Å². The van der Waals surface area contributed by atoms with Crippen LogP contribution in [0.25, 0.3) is 45.9 Å². The third-order valence-electron chi connectivity index (χ3n) is 6.18. The van der Waals surface area contributed by atoms with Crippen LogP contribution in [0, 0.1) is 0 Å². The van der Waals surface area contributed by atoms with Crippen LogP contribution in [0.2, 0.25) is 0 Å². The van der Waals surface area contributed by atoms with E-state index in [0.717, 1.165) is 17.5 Å². The molecule has 4 aromatic rings. The van der Waals surface area contributed by atoms with Crippen molar-refractivity contribution in [3.8, 4) is 16.8 Å². The molecule has 0 radical (unpaired) electrons. The predicted octanol–water partition coefficient (Wildman–Crippen LogP) is 8.83. The van der Waals surface area contributed by atoms with Gasteiger partial charge in [0, 0.05) is 28.2 Å². The van der Waals surface area contributed by atoms with Crippen molar-refractivity contribution in [2.45, 2.75) is 19.3 Å². The van der Waals surface area contributed by atoms with Crippen molar-refractivity contribution < 1.29 is 0 Å². The highest BCUT2D eigenvalue weighted by molar-refractivity contribution is 9.11. The van der Waals surface area contributed by atoms with Crippen LogP contribution in [0.4, 0.5) is 0 Å². The Hall–Kier alpha value is -3.10. The van der Waals surface area contributed by atoms with Gasteiger partial charge >= 0.3 is 0 Å². The highest BCUT2D eigenvalue weighted by atomic mass is 79.9. The minimum Gasteiger partial charge on any atom is -0.313 e. The minimum atomic E-state index is 0.427. The summed E-state index contributed by atoms with van der Waals surface area (Å²) in [6, 6.07) is 24.1. The molecule has 0 saturated carbocycles. The molecule has 1 atom stereocenters. The summed E-state index contributed by atoms with van der Waals surface area (Å²) >= 11 is 3.78. The second kappa shape index (κ2) is 7.86. The second-order valence-electron chi connectivity index (χ2n) is 8.18. The Kier molecular flexibility index (Phi) is 5.03. The van der Waals surface area contributed by atoms with E-state index in [1.165, 1.54) is 43.5 Å². The third kappa shape index (κ3) is 3.41. The smallest absolute Gasteiger partial charge is 0.0538 e. The van der Waals surface area contributed by atoms with Crippen LogP contribution in [0.5, 0.6) is 0 Å². The lowest BCUT2D eigenvalue weighted by Gasteiger charge is -2.21. The summed E-state index contributed by atoms with van der Waals surface area (Å²) < 4.78 is 3.69. The lowest BCUT2D eigenvalue weighted by atomic mass is 9.92. The highest BCUT2D eigenvalue weighted by Gasteiger charge is 2.25. The van der Waals surface area contributed by atoms with Crippen LogP contribution < -0.4 is 0 Å². The van der Waals surface area contributed by atoms with Crippen LogP contribution in [0.3, 0.4) is 0 Å². The largest absolute Gasteiger partial charge is 0.313 e. The fourth-order valence-electron chi connectivity index (χ4n) is 4.61. The van der Waals surface area contributed by atoms with E-state index >= 15 is 0 Å². The molecule has 1 unspecified atom stereocenters. The Balaban J connectivity index is 1.76. The zero-order valence-corrected chi connectivity index (χ0v) is 19.2. The molecule has 152 valence electrons. The number of hydrogen-bond acceptors (Lipinski definition) is 0. The average Bonchev–Trinajstić information content (AvgIpc) is 3.13. The van der Waals surface area contributed by atoms with Gasteiger partial charge in [0.1, 0.15) is 0 Å². The maximum Gasteiger partial charge on any atom is 0.0538 e. The lowest BCUT2D eigenvalue weighted by Crippen LogP contribution is -2.08. The number of allylic oxidation sites excluding steroid dienone is 1. The van der Waals surface area contributed by atoms with E-state index in [-0.39, 0.29) is 0 Å². The first-order chi connectivity index (χ1) is 15.1. The fraction of sp³-hybridized carbons (Fsp3) is 0.103. The third-order valence-corrected chi connectivity index (χ3v) is 6.73. The molecule has 1 nitrogen and oxygen atoms in total. The van der Waals surface area contributed by atoms with E-state index in [1.807, 2.05) is 12.2 Å². The molecule has 0 amide bonds. The molecule has 0 bridgehead atoms. The van der Waals surface area contributed by atoms with Gasteiger partial charge in [-0.05, 0) is 63.5 Å². The lowest BCUT2D eigenvalue weighted by molar-refractivity contribution is 0.719. The summed E-state index contributed by atoms with van der Waals surface area (Å²) in [7, 11) is 0. The van der Waals surface area contributed by atoms with Gasteiger partial charge in [0.15, 0.2) is 0 Å². The first-order valence-electron chi connectivity index (χ1n) is 10.6. The van der Waals surface area contributed by atoms with Crippen molar-refractivity contribution in [2.24, 2.45) is 0 Å². The number of nitrogens with zero attached hydrogens (tertiary/aromatic N) is 1. The quantitative estimate of drug-likeness (QED) is 0.283. The predicted molar refractivity (Wildman–Crippen MR) is 139 cm³/mol. The van der Waals surface area contributed by atoms with Crippen molar-refractivity contribution in [1.29, 1.82) is 0 Å². The van der Waals surface area contributed by atoms with Crippen LogP contribution in [-0.4, -0.2) is 4.57 Å². The van der Waals surface area contributed by atoms with Gasteiger partial charge in [0.05, 0.1) is 5.52 Å². The van der Waals surface area contributed by atoms with Crippen LogP contribution in [0.15, 0.2) is 84.4 Å². The highest BCUT2D eigenvalue weighted by Crippen LogP contribution is 2.43. The molecule has 0 saturated heterocycles. The Morgan fingerprint density at radius 1 is 0.871 bits per heavy atom. The first-order valence-corrected chi connectivity index (χ1v) is 11.4. The van der Waals surface area contributed by atoms with E-state index in [9.17, 15) is 0 Å². The van der Waals surface area contributed by atoms with E-state index in [4.69, 9.17) is 0 Å². The summed E-state index contributed by atoms with van der Waals surface area (Å²) in [4.78, 5) is 0. The molecule has 31 heavy (non-hydrogen) atoms. The number of rotatable bonds is 4. The maximum absolute atomic E-state index is 3.89. The Bertz CT molecular complexity index is 1330. The van der Waals surface area contributed by atoms with Crippen molar-refractivity contribution in [3.63, 3.8) is 0 Å². The van der Waals surface area contributed by atoms with Crippen LogP contribution in [-0.2, 0) is 0 Å². The number of hydrogen-bond donors (Lipinski definition) is 0. The van der Waals surface area contributed by atoms with E-state index < -0.39 is 0 Å². The summed E-state index contributed by atoms with van der Waals surface area (Å²) in [5.41, 5.74) is 9.85. The monoisotopic (exact) mass is 465 g/mol. The normalized spacial score (nSPS) is 15.4. The fourth-order valence-corrected chi connectivity index (χ4v) is 5.32. The van der Waals surface area contributed by atoms with Crippen molar-refractivity contribution in [1.82, 2.24) is 4.57 Å². The van der Waals surface area contributed by atoms with Crippen molar-refractivity contribution in [3.05, 3.63) is 107 Å².